The Hall–Kier alpha value is -5.98. The predicted molar refractivity (Wildman–Crippen MR) is 187 cm³/mol. The van der Waals surface area contributed by atoms with E-state index in [-0.39, 0.29) is 0 Å². The van der Waals surface area contributed by atoms with Crippen LogP contribution in [0.25, 0.3) is 88.0 Å². The highest BCUT2D eigenvalue weighted by molar-refractivity contribution is 7.27. The van der Waals surface area contributed by atoms with Crippen LogP contribution in [0, 0.1) is 0 Å². The zero-order valence-corrected chi connectivity index (χ0v) is 25.3. The summed E-state index contributed by atoms with van der Waals surface area (Å²) < 4.78 is 8.64. The van der Waals surface area contributed by atoms with Crippen molar-refractivity contribution in [2.75, 3.05) is 0 Å². The molecule has 0 spiro atoms. The quantitative estimate of drug-likeness (QED) is 0.194. The van der Waals surface area contributed by atoms with Gasteiger partial charge in [0.1, 0.15) is 5.52 Å². The Balaban J connectivity index is 1.32. The van der Waals surface area contributed by atoms with Crippen LogP contribution < -0.4 is 0 Å². The summed E-state index contributed by atoms with van der Waals surface area (Å²) in [5.41, 5.74) is 7.61. The standard InChI is InChI=1S/C40H24N4OS/c1-4-13-25(14-5-1)28-23-24-30-29-19-12-20-31(35(29)46-36(30)34(28)40-41-32-21-10-11-22-33(32)45-40)39-43-37(26-15-6-2-7-16-26)42-38(44-39)27-17-8-3-9-18-27/h1-24H. The van der Waals surface area contributed by atoms with Crippen LogP contribution in [-0.2, 0) is 0 Å². The van der Waals surface area contributed by atoms with Crippen molar-refractivity contribution >= 4 is 42.6 Å². The van der Waals surface area contributed by atoms with Crippen LogP contribution in [0.15, 0.2) is 150 Å². The predicted octanol–water partition coefficient (Wildman–Crippen LogP) is 10.7. The van der Waals surface area contributed by atoms with Gasteiger partial charge < -0.3 is 4.42 Å². The maximum atomic E-state index is 6.43. The minimum absolute atomic E-state index is 0.608. The van der Waals surface area contributed by atoms with E-state index in [0.717, 1.165) is 64.7 Å². The summed E-state index contributed by atoms with van der Waals surface area (Å²) in [5.74, 6) is 2.52. The molecule has 0 saturated heterocycles. The van der Waals surface area contributed by atoms with Crippen molar-refractivity contribution in [3.8, 4) is 56.7 Å². The van der Waals surface area contributed by atoms with Crippen molar-refractivity contribution in [1.82, 2.24) is 19.9 Å². The molecule has 5 nitrogen and oxygen atoms in total. The number of nitrogens with zero attached hydrogens (tertiary/aromatic N) is 4. The monoisotopic (exact) mass is 608 g/mol. The second-order valence-electron chi connectivity index (χ2n) is 11.0. The average molecular weight is 609 g/mol. The number of oxazole rings is 1. The van der Waals surface area contributed by atoms with Gasteiger partial charge in [0.15, 0.2) is 23.1 Å². The van der Waals surface area contributed by atoms with Gasteiger partial charge in [-0.2, -0.15) is 0 Å². The van der Waals surface area contributed by atoms with Gasteiger partial charge in [-0.1, -0.05) is 127 Å². The third kappa shape index (κ3) is 4.47. The highest BCUT2D eigenvalue weighted by Crippen LogP contribution is 2.47. The maximum Gasteiger partial charge on any atom is 0.229 e. The van der Waals surface area contributed by atoms with Gasteiger partial charge in [-0.3, -0.25) is 0 Å². The van der Waals surface area contributed by atoms with Gasteiger partial charge in [0, 0.05) is 36.9 Å². The second kappa shape index (κ2) is 10.9. The summed E-state index contributed by atoms with van der Waals surface area (Å²) >= 11 is 1.73. The minimum Gasteiger partial charge on any atom is -0.436 e. The van der Waals surface area contributed by atoms with Crippen molar-refractivity contribution in [3.05, 3.63) is 146 Å². The van der Waals surface area contributed by atoms with E-state index in [1.807, 2.05) is 91.0 Å². The van der Waals surface area contributed by atoms with Crippen molar-refractivity contribution in [1.29, 1.82) is 0 Å². The number of para-hydroxylation sites is 2. The van der Waals surface area contributed by atoms with Gasteiger partial charge in [-0.25, -0.2) is 19.9 Å². The number of aromatic nitrogens is 4. The summed E-state index contributed by atoms with van der Waals surface area (Å²) in [5, 5.41) is 2.27. The largest absolute Gasteiger partial charge is 0.436 e. The van der Waals surface area contributed by atoms with E-state index < -0.39 is 0 Å². The van der Waals surface area contributed by atoms with Crippen molar-refractivity contribution in [3.63, 3.8) is 0 Å². The number of benzene rings is 6. The minimum atomic E-state index is 0.608. The molecule has 3 aromatic heterocycles. The molecule has 0 atom stereocenters. The van der Waals surface area contributed by atoms with E-state index in [2.05, 4.69) is 54.6 Å². The summed E-state index contributed by atoms with van der Waals surface area (Å²) in [7, 11) is 0. The summed E-state index contributed by atoms with van der Waals surface area (Å²) in [6, 6.07) is 49.3. The maximum absolute atomic E-state index is 6.43. The SMILES string of the molecule is c1ccc(-c2nc(-c3ccccc3)nc(-c3cccc4c3sc3c(-c5nc6ccccc6o5)c(-c5ccccc5)ccc34)n2)cc1. The average Bonchev–Trinajstić information content (AvgIpc) is 3.74. The van der Waals surface area contributed by atoms with Crippen molar-refractivity contribution in [2.45, 2.75) is 0 Å². The number of fused-ring (bicyclic) bond motifs is 4. The lowest BCUT2D eigenvalue weighted by atomic mass is 9.97. The van der Waals surface area contributed by atoms with E-state index in [9.17, 15) is 0 Å². The molecule has 9 aromatic rings. The molecule has 0 bridgehead atoms. The molecule has 0 aliphatic rings. The summed E-state index contributed by atoms with van der Waals surface area (Å²) in [4.78, 5) is 20.0. The third-order valence-electron chi connectivity index (χ3n) is 8.20. The fourth-order valence-corrected chi connectivity index (χ4v) is 7.37. The topological polar surface area (TPSA) is 64.7 Å². The number of hydrogen-bond donors (Lipinski definition) is 0. The molecule has 0 amide bonds. The van der Waals surface area contributed by atoms with Gasteiger partial charge in [0.05, 0.1) is 5.56 Å². The lowest BCUT2D eigenvalue weighted by Gasteiger charge is -2.09. The Bertz CT molecular complexity index is 2430. The van der Waals surface area contributed by atoms with E-state index in [0.29, 0.717) is 23.4 Å². The lowest BCUT2D eigenvalue weighted by Crippen LogP contribution is -2.00. The lowest BCUT2D eigenvalue weighted by molar-refractivity contribution is 0.621. The van der Waals surface area contributed by atoms with Crippen LogP contribution in [0.5, 0.6) is 0 Å². The molecule has 6 aromatic carbocycles. The van der Waals surface area contributed by atoms with Crippen LogP contribution >= 0.6 is 11.3 Å². The molecule has 0 unspecified atom stereocenters. The van der Waals surface area contributed by atoms with Gasteiger partial charge in [0.2, 0.25) is 5.89 Å². The van der Waals surface area contributed by atoms with E-state index in [1.165, 1.54) is 0 Å². The van der Waals surface area contributed by atoms with Gasteiger partial charge >= 0.3 is 0 Å². The Labute approximate surface area is 268 Å². The van der Waals surface area contributed by atoms with Crippen molar-refractivity contribution in [2.24, 2.45) is 0 Å². The molecule has 216 valence electrons. The zero-order chi connectivity index (χ0) is 30.5. The molecular formula is C40H24N4OS. The Morgan fingerprint density at radius 3 is 1.67 bits per heavy atom. The zero-order valence-electron chi connectivity index (χ0n) is 24.5. The van der Waals surface area contributed by atoms with Crippen LogP contribution in [-0.4, -0.2) is 19.9 Å². The van der Waals surface area contributed by atoms with Crippen LogP contribution in [0.4, 0.5) is 0 Å². The fraction of sp³-hybridized carbons (Fsp3) is 0. The van der Waals surface area contributed by atoms with E-state index >= 15 is 0 Å². The highest BCUT2D eigenvalue weighted by Gasteiger charge is 2.22. The first kappa shape index (κ1) is 26.4. The van der Waals surface area contributed by atoms with Gasteiger partial charge in [-0.15, -0.1) is 11.3 Å². The molecule has 0 aliphatic carbocycles. The van der Waals surface area contributed by atoms with Crippen LogP contribution in [0.1, 0.15) is 0 Å². The summed E-state index contributed by atoms with van der Waals surface area (Å²) in [6.07, 6.45) is 0. The molecule has 6 heteroatoms. The first-order valence-electron chi connectivity index (χ1n) is 15.1. The molecule has 0 aliphatic heterocycles. The van der Waals surface area contributed by atoms with E-state index in [1.54, 1.807) is 11.3 Å². The normalized spacial score (nSPS) is 11.5. The molecule has 46 heavy (non-hydrogen) atoms. The van der Waals surface area contributed by atoms with Crippen molar-refractivity contribution < 1.29 is 4.42 Å². The molecule has 9 rings (SSSR count). The van der Waals surface area contributed by atoms with Crippen LogP contribution in [0.3, 0.4) is 0 Å². The smallest absolute Gasteiger partial charge is 0.229 e. The van der Waals surface area contributed by atoms with Gasteiger partial charge in [-0.05, 0) is 29.3 Å². The van der Waals surface area contributed by atoms with Crippen LogP contribution in [0.2, 0.25) is 0 Å². The fourth-order valence-electron chi connectivity index (χ4n) is 6.02. The van der Waals surface area contributed by atoms with E-state index in [4.69, 9.17) is 24.4 Å². The first-order valence-corrected chi connectivity index (χ1v) is 15.9. The summed E-state index contributed by atoms with van der Waals surface area (Å²) in [6.45, 7) is 0. The third-order valence-corrected chi connectivity index (χ3v) is 9.47. The number of thiophene rings is 1. The molecule has 0 radical (unpaired) electrons. The molecule has 0 fully saturated rings. The number of rotatable bonds is 5. The Kier molecular flexibility index (Phi) is 6.25. The first-order chi connectivity index (χ1) is 22.8. The Morgan fingerprint density at radius 2 is 1.00 bits per heavy atom. The molecule has 0 saturated carbocycles. The molecule has 3 heterocycles. The molecular weight excluding hydrogens is 585 g/mol. The Morgan fingerprint density at radius 1 is 0.413 bits per heavy atom. The second-order valence-corrected chi connectivity index (χ2v) is 12.1. The van der Waals surface area contributed by atoms with Gasteiger partial charge in [0.25, 0.3) is 0 Å². The highest BCUT2D eigenvalue weighted by atomic mass is 32.1. The number of hydrogen-bond acceptors (Lipinski definition) is 6. The molecule has 0 N–H and O–H groups in total.